The summed E-state index contributed by atoms with van der Waals surface area (Å²) in [7, 11) is 1.35. The zero-order valence-corrected chi connectivity index (χ0v) is 9.29. The van der Waals surface area contributed by atoms with Gasteiger partial charge in [0.25, 0.3) is 0 Å². The fourth-order valence-corrected chi connectivity index (χ4v) is 2.17. The number of nitrogens with one attached hydrogen (secondary N) is 1. The lowest BCUT2D eigenvalue weighted by Crippen LogP contribution is -2.28. The first-order chi connectivity index (χ1) is 7.72. The highest BCUT2D eigenvalue weighted by Gasteiger charge is 2.19. The number of phenols is 1. The van der Waals surface area contributed by atoms with Crippen LogP contribution in [0.4, 0.5) is 4.39 Å². The van der Waals surface area contributed by atoms with E-state index in [-0.39, 0.29) is 17.4 Å². The van der Waals surface area contributed by atoms with Crippen molar-refractivity contribution in [2.75, 3.05) is 20.2 Å². The zero-order valence-electron chi connectivity index (χ0n) is 9.29. The summed E-state index contributed by atoms with van der Waals surface area (Å²) in [6.07, 6.45) is 2.11. The van der Waals surface area contributed by atoms with Crippen molar-refractivity contribution in [3.63, 3.8) is 0 Å². The van der Waals surface area contributed by atoms with E-state index in [9.17, 15) is 9.50 Å². The minimum absolute atomic E-state index is 0.0764. The molecule has 1 atom stereocenters. The SMILES string of the molecule is COc1c(O)cc(C2CCCNC2)cc1F. The van der Waals surface area contributed by atoms with Gasteiger partial charge in [0.1, 0.15) is 0 Å². The van der Waals surface area contributed by atoms with E-state index in [1.54, 1.807) is 6.07 Å². The Morgan fingerprint density at radius 3 is 2.88 bits per heavy atom. The van der Waals surface area contributed by atoms with Crippen molar-refractivity contribution in [1.29, 1.82) is 0 Å². The maximum absolute atomic E-state index is 13.6. The molecule has 0 amide bonds. The van der Waals surface area contributed by atoms with Crippen molar-refractivity contribution in [2.45, 2.75) is 18.8 Å². The predicted octanol–water partition coefficient (Wildman–Crippen LogP) is 2.01. The van der Waals surface area contributed by atoms with Crippen molar-refractivity contribution in [3.05, 3.63) is 23.5 Å². The minimum atomic E-state index is -0.497. The van der Waals surface area contributed by atoms with Gasteiger partial charge in [-0.3, -0.25) is 0 Å². The second kappa shape index (κ2) is 4.70. The van der Waals surface area contributed by atoms with Gasteiger partial charge in [0.15, 0.2) is 17.3 Å². The zero-order chi connectivity index (χ0) is 11.5. The first-order valence-corrected chi connectivity index (χ1v) is 5.49. The molecule has 1 aliphatic heterocycles. The molecule has 0 radical (unpaired) electrons. The van der Waals surface area contributed by atoms with Gasteiger partial charge in [-0.15, -0.1) is 0 Å². The second-order valence-electron chi connectivity index (χ2n) is 4.10. The van der Waals surface area contributed by atoms with E-state index in [1.165, 1.54) is 13.2 Å². The molecule has 88 valence electrons. The Bertz CT molecular complexity index is 352. The van der Waals surface area contributed by atoms with Crippen LogP contribution >= 0.6 is 0 Å². The fraction of sp³-hybridized carbons (Fsp3) is 0.500. The molecule has 1 aliphatic rings. The number of hydrogen-bond acceptors (Lipinski definition) is 3. The van der Waals surface area contributed by atoms with Crippen LogP contribution in [0.15, 0.2) is 12.1 Å². The monoisotopic (exact) mass is 225 g/mol. The number of halogens is 1. The van der Waals surface area contributed by atoms with Gasteiger partial charge in [-0.25, -0.2) is 4.39 Å². The molecule has 3 nitrogen and oxygen atoms in total. The minimum Gasteiger partial charge on any atom is -0.504 e. The Kier molecular flexibility index (Phi) is 3.29. The summed E-state index contributed by atoms with van der Waals surface area (Å²) in [5, 5.41) is 12.9. The quantitative estimate of drug-likeness (QED) is 0.809. The van der Waals surface area contributed by atoms with Crippen LogP contribution in [0.5, 0.6) is 11.5 Å². The average Bonchev–Trinajstić information content (AvgIpc) is 2.30. The molecular weight excluding hydrogens is 209 g/mol. The lowest BCUT2D eigenvalue weighted by molar-refractivity contribution is 0.349. The first kappa shape index (κ1) is 11.2. The van der Waals surface area contributed by atoms with Crippen LogP contribution in [0, 0.1) is 5.82 Å². The Balaban J connectivity index is 2.28. The van der Waals surface area contributed by atoms with Gasteiger partial charge in [-0.05, 0) is 43.0 Å². The molecule has 2 rings (SSSR count). The number of piperidine rings is 1. The van der Waals surface area contributed by atoms with Crippen LogP contribution < -0.4 is 10.1 Å². The molecule has 0 bridgehead atoms. The van der Waals surface area contributed by atoms with Crippen LogP contribution in [-0.2, 0) is 0 Å². The van der Waals surface area contributed by atoms with E-state index in [2.05, 4.69) is 5.32 Å². The van der Waals surface area contributed by atoms with Crippen LogP contribution in [0.25, 0.3) is 0 Å². The van der Waals surface area contributed by atoms with Crippen molar-refractivity contribution >= 4 is 0 Å². The van der Waals surface area contributed by atoms with E-state index in [4.69, 9.17) is 4.74 Å². The third kappa shape index (κ3) is 2.11. The number of ether oxygens (including phenoxy) is 1. The Hall–Kier alpha value is -1.29. The van der Waals surface area contributed by atoms with Gasteiger partial charge in [-0.2, -0.15) is 0 Å². The van der Waals surface area contributed by atoms with Crippen molar-refractivity contribution in [3.8, 4) is 11.5 Å². The molecule has 0 aliphatic carbocycles. The molecule has 1 heterocycles. The molecule has 16 heavy (non-hydrogen) atoms. The van der Waals surface area contributed by atoms with Gasteiger partial charge in [0.05, 0.1) is 7.11 Å². The van der Waals surface area contributed by atoms with E-state index >= 15 is 0 Å². The molecule has 0 aromatic heterocycles. The van der Waals surface area contributed by atoms with Crippen LogP contribution in [0.2, 0.25) is 0 Å². The normalized spacial score (nSPS) is 20.8. The van der Waals surface area contributed by atoms with E-state index < -0.39 is 5.82 Å². The average molecular weight is 225 g/mol. The smallest absolute Gasteiger partial charge is 0.196 e. The first-order valence-electron chi connectivity index (χ1n) is 5.49. The standard InChI is InChI=1S/C12H16FNO2/c1-16-12-10(13)5-9(6-11(12)15)8-3-2-4-14-7-8/h5-6,8,14-15H,2-4,7H2,1H3. The van der Waals surface area contributed by atoms with E-state index in [0.29, 0.717) is 0 Å². The number of phenolic OH excluding ortho intramolecular Hbond substituents is 1. The highest BCUT2D eigenvalue weighted by atomic mass is 19.1. The maximum Gasteiger partial charge on any atom is 0.196 e. The Morgan fingerprint density at radius 2 is 2.31 bits per heavy atom. The van der Waals surface area contributed by atoms with Crippen molar-refractivity contribution in [1.82, 2.24) is 5.32 Å². The summed E-state index contributed by atoms with van der Waals surface area (Å²) in [6.45, 7) is 1.85. The summed E-state index contributed by atoms with van der Waals surface area (Å²) < 4.78 is 18.3. The van der Waals surface area contributed by atoms with Crippen LogP contribution in [0.1, 0.15) is 24.3 Å². The van der Waals surface area contributed by atoms with Crippen molar-refractivity contribution < 1.29 is 14.2 Å². The Labute approximate surface area is 94.2 Å². The fourth-order valence-electron chi connectivity index (χ4n) is 2.17. The number of rotatable bonds is 2. The lowest BCUT2D eigenvalue weighted by Gasteiger charge is -2.23. The van der Waals surface area contributed by atoms with Gasteiger partial charge in [-0.1, -0.05) is 0 Å². The number of hydrogen-bond donors (Lipinski definition) is 2. The predicted molar refractivity (Wildman–Crippen MR) is 59.5 cm³/mol. The summed E-state index contributed by atoms with van der Waals surface area (Å²) in [5.41, 5.74) is 0.836. The third-order valence-corrected chi connectivity index (χ3v) is 3.02. The molecule has 1 aromatic rings. The summed E-state index contributed by atoms with van der Waals surface area (Å²) in [4.78, 5) is 0. The van der Waals surface area contributed by atoms with Gasteiger partial charge in [0, 0.05) is 6.54 Å². The Morgan fingerprint density at radius 1 is 1.50 bits per heavy atom. The highest BCUT2D eigenvalue weighted by Crippen LogP contribution is 2.34. The highest BCUT2D eigenvalue weighted by molar-refractivity contribution is 5.44. The van der Waals surface area contributed by atoms with Gasteiger partial charge in [0.2, 0.25) is 0 Å². The number of methoxy groups -OCH3 is 1. The molecule has 1 unspecified atom stereocenters. The van der Waals surface area contributed by atoms with E-state index in [1.807, 2.05) is 0 Å². The number of aromatic hydroxyl groups is 1. The molecular formula is C12H16FNO2. The third-order valence-electron chi connectivity index (χ3n) is 3.02. The van der Waals surface area contributed by atoms with Crippen LogP contribution in [-0.4, -0.2) is 25.3 Å². The molecule has 0 saturated carbocycles. The van der Waals surface area contributed by atoms with Gasteiger partial charge >= 0.3 is 0 Å². The molecule has 1 saturated heterocycles. The second-order valence-corrected chi connectivity index (χ2v) is 4.10. The van der Waals surface area contributed by atoms with Crippen LogP contribution in [0.3, 0.4) is 0 Å². The van der Waals surface area contributed by atoms with Gasteiger partial charge < -0.3 is 15.2 Å². The topological polar surface area (TPSA) is 41.5 Å². The van der Waals surface area contributed by atoms with Crippen molar-refractivity contribution in [2.24, 2.45) is 0 Å². The summed E-state index contributed by atoms with van der Waals surface area (Å²) in [6, 6.07) is 3.05. The molecule has 4 heteroatoms. The number of benzene rings is 1. The maximum atomic E-state index is 13.6. The summed E-state index contributed by atoms with van der Waals surface area (Å²) in [5.74, 6) is -0.418. The summed E-state index contributed by atoms with van der Waals surface area (Å²) >= 11 is 0. The molecule has 1 fully saturated rings. The molecule has 0 spiro atoms. The lowest BCUT2D eigenvalue weighted by atomic mass is 9.91. The van der Waals surface area contributed by atoms with E-state index in [0.717, 1.165) is 31.5 Å². The molecule has 1 aromatic carbocycles. The molecule has 2 N–H and O–H groups in total. The largest absolute Gasteiger partial charge is 0.504 e.